The summed E-state index contributed by atoms with van der Waals surface area (Å²) in [4.78, 5) is 34.2. The number of carbonyl (C=O) groups is 3. The number of rotatable bonds is 4. The molecular weight excluding hydrogens is 382 g/mol. The second kappa shape index (κ2) is 10.5. The van der Waals surface area contributed by atoms with E-state index in [-0.39, 0.29) is 34.3 Å². The fourth-order valence-corrected chi connectivity index (χ4v) is 2.37. The molecule has 2 rings (SSSR count). The van der Waals surface area contributed by atoms with E-state index in [4.69, 9.17) is 9.47 Å². The quantitative estimate of drug-likeness (QED) is 0.573. The largest absolute Gasteiger partial charge is 0.508 e. The molecule has 0 bridgehead atoms. The van der Waals surface area contributed by atoms with Crippen LogP contribution in [0.25, 0.3) is 0 Å². The third-order valence-electron chi connectivity index (χ3n) is 3.93. The van der Waals surface area contributed by atoms with E-state index in [2.05, 4.69) is 14.8 Å². The third-order valence-corrected chi connectivity index (χ3v) is 3.93. The van der Waals surface area contributed by atoms with Crippen molar-refractivity contribution in [2.75, 3.05) is 21.3 Å². The molecule has 1 aliphatic carbocycles. The van der Waals surface area contributed by atoms with Crippen LogP contribution in [0.1, 0.15) is 60.7 Å². The van der Waals surface area contributed by atoms with Crippen molar-refractivity contribution >= 4 is 18.0 Å². The molecule has 9 heteroatoms. The van der Waals surface area contributed by atoms with Crippen molar-refractivity contribution in [2.45, 2.75) is 51.7 Å². The van der Waals surface area contributed by atoms with Crippen LogP contribution in [-0.2, 0) is 14.2 Å². The van der Waals surface area contributed by atoms with Crippen LogP contribution < -0.4 is 10.1 Å². The lowest BCUT2D eigenvalue weighted by atomic mass is 9.93. The van der Waals surface area contributed by atoms with Gasteiger partial charge in [0.2, 0.25) is 0 Å². The highest BCUT2D eigenvalue weighted by Gasteiger charge is 2.25. The molecule has 1 aliphatic rings. The summed E-state index contributed by atoms with van der Waals surface area (Å²) in [5.41, 5.74) is -0.579. The van der Waals surface area contributed by atoms with Crippen molar-refractivity contribution in [1.29, 1.82) is 0 Å². The zero-order chi connectivity index (χ0) is 22.2. The lowest BCUT2D eigenvalue weighted by Crippen LogP contribution is -2.42. The average molecular weight is 411 g/mol. The van der Waals surface area contributed by atoms with E-state index in [9.17, 15) is 19.5 Å². The minimum Gasteiger partial charge on any atom is -0.508 e. The van der Waals surface area contributed by atoms with Gasteiger partial charge >= 0.3 is 18.0 Å². The van der Waals surface area contributed by atoms with Gasteiger partial charge in [-0.2, -0.15) is 0 Å². The number of aromatic hydroxyl groups is 1. The molecule has 0 heterocycles. The Kier molecular flexibility index (Phi) is 8.75. The van der Waals surface area contributed by atoms with E-state index in [1.54, 1.807) is 0 Å². The summed E-state index contributed by atoms with van der Waals surface area (Å²) >= 11 is 0. The summed E-state index contributed by atoms with van der Waals surface area (Å²) in [7, 11) is 3.65. The monoisotopic (exact) mass is 411 g/mol. The Morgan fingerprint density at radius 3 is 2.03 bits per heavy atom. The number of carbonyl (C=O) groups excluding carboxylic acids is 3. The Balaban J connectivity index is 0.000000308. The van der Waals surface area contributed by atoms with Gasteiger partial charge in [0.05, 0.1) is 26.9 Å². The van der Waals surface area contributed by atoms with Crippen LogP contribution in [0.15, 0.2) is 12.1 Å². The molecule has 0 aromatic heterocycles. The molecule has 0 unspecified atom stereocenters. The Labute approximate surface area is 170 Å². The van der Waals surface area contributed by atoms with Gasteiger partial charge in [-0.25, -0.2) is 14.4 Å². The first-order valence-corrected chi connectivity index (χ1v) is 9.09. The maximum atomic E-state index is 11.6. The van der Waals surface area contributed by atoms with Gasteiger partial charge in [-0.15, -0.1) is 0 Å². The maximum absolute atomic E-state index is 11.6. The van der Waals surface area contributed by atoms with Gasteiger partial charge in [0.1, 0.15) is 22.7 Å². The van der Waals surface area contributed by atoms with Crippen molar-refractivity contribution in [2.24, 2.45) is 0 Å². The lowest BCUT2D eigenvalue weighted by Gasteiger charge is -2.28. The zero-order valence-corrected chi connectivity index (χ0v) is 17.7. The standard InChI is InChI=1S/C11H12O6.C9H17NO2/c1-15-8-5-6(12)4-7(10(13)16-2)9(8)11(14)17-3;1-9(2,3)12-8(11)10-7-5-4-6-7/h4-5,12H,1-3H3;7H,4-6H2,1-3H3,(H,10,11). The number of nitrogens with one attached hydrogen (secondary N) is 1. The van der Waals surface area contributed by atoms with Gasteiger partial charge < -0.3 is 29.4 Å². The Bertz CT molecular complexity index is 735. The molecule has 0 radical (unpaired) electrons. The highest BCUT2D eigenvalue weighted by atomic mass is 16.6. The number of esters is 2. The first-order valence-electron chi connectivity index (χ1n) is 9.09. The number of methoxy groups -OCH3 is 3. The van der Waals surface area contributed by atoms with Crippen molar-refractivity contribution in [3.63, 3.8) is 0 Å². The summed E-state index contributed by atoms with van der Waals surface area (Å²) in [6.45, 7) is 5.61. The zero-order valence-electron chi connectivity index (χ0n) is 17.7. The van der Waals surface area contributed by atoms with Gasteiger partial charge in [0.25, 0.3) is 0 Å². The van der Waals surface area contributed by atoms with Crippen LogP contribution in [0.4, 0.5) is 4.79 Å². The molecule has 1 aromatic carbocycles. The molecule has 29 heavy (non-hydrogen) atoms. The fraction of sp³-hybridized carbons (Fsp3) is 0.550. The highest BCUT2D eigenvalue weighted by molar-refractivity contribution is 6.05. The molecule has 9 nitrogen and oxygen atoms in total. The molecule has 2 N–H and O–H groups in total. The molecule has 1 aromatic rings. The number of amides is 1. The van der Waals surface area contributed by atoms with Crippen LogP contribution in [0, 0.1) is 0 Å². The summed E-state index contributed by atoms with van der Waals surface area (Å²) < 4.78 is 19.1. The Morgan fingerprint density at radius 2 is 1.62 bits per heavy atom. The van der Waals surface area contributed by atoms with Crippen LogP contribution in [0.3, 0.4) is 0 Å². The molecular formula is C20H29NO8. The van der Waals surface area contributed by atoms with Crippen molar-refractivity contribution in [1.82, 2.24) is 5.32 Å². The number of alkyl carbamates (subject to hydrolysis) is 1. The molecule has 162 valence electrons. The molecule has 0 saturated heterocycles. The highest BCUT2D eigenvalue weighted by Crippen LogP contribution is 2.29. The summed E-state index contributed by atoms with van der Waals surface area (Å²) in [5, 5.41) is 12.2. The van der Waals surface area contributed by atoms with E-state index >= 15 is 0 Å². The van der Waals surface area contributed by atoms with Gasteiger partial charge in [-0.05, 0) is 46.1 Å². The predicted molar refractivity (Wildman–Crippen MR) is 104 cm³/mol. The van der Waals surface area contributed by atoms with E-state index in [1.165, 1.54) is 33.8 Å². The molecule has 1 fully saturated rings. The molecule has 1 saturated carbocycles. The number of benzene rings is 1. The molecule has 0 spiro atoms. The lowest BCUT2D eigenvalue weighted by molar-refractivity contribution is 0.0478. The predicted octanol–water partition coefficient (Wildman–Crippen LogP) is 3.04. The van der Waals surface area contributed by atoms with Gasteiger partial charge in [-0.1, -0.05) is 0 Å². The number of hydrogen-bond acceptors (Lipinski definition) is 8. The van der Waals surface area contributed by atoms with E-state index in [0.29, 0.717) is 6.04 Å². The Hall–Kier alpha value is -2.97. The summed E-state index contributed by atoms with van der Waals surface area (Å²) in [5.74, 6) is -1.69. The number of hydrogen-bond donors (Lipinski definition) is 2. The van der Waals surface area contributed by atoms with Crippen molar-refractivity contribution in [3.8, 4) is 11.5 Å². The minimum atomic E-state index is -0.764. The number of ether oxygens (including phenoxy) is 4. The van der Waals surface area contributed by atoms with E-state index < -0.39 is 11.9 Å². The first kappa shape index (κ1) is 24.1. The second-order valence-corrected chi connectivity index (χ2v) is 7.33. The van der Waals surface area contributed by atoms with Crippen LogP contribution >= 0.6 is 0 Å². The summed E-state index contributed by atoms with van der Waals surface area (Å²) in [6.07, 6.45) is 3.13. The van der Waals surface area contributed by atoms with Crippen LogP contribution in [-0.4, -0.2) is 56.1 Å². The van der Waals surface area contributed by atoms with E-state index in [0.717, 1.165) is 18.9 Å². The molecule has 0 aliphatic heterocycles. The molecule has 0 atom stereocenters. The SMILES string of the molecule is CC(C)(C)OC(=O)NC1CCC1.COC(=O)c1cc(O)cc(OC)c1C(=O)OC. The van der Waals surface area contributed by atoms with Gasteiger partial charge in [-0.3, -0.25) is 0 Å². The number of phenolic OH excluding ortho intramolecular Hbond substituents is 1. The molecule has 1 amide bonds. The van der Waals surface area contributed by atoms with Crippen LogP contribution in [0.2, 0.25) is 0 Å². The fourth-order valence-electron chi connectivity index (χ4n) is 2.37. The third kappa shape index (κ3) is 7.52. The van der Waals surface area contributed by atoms with E-state index in [1.807, 2.05) is 20.8 Å². The smallest absolute Gasteiger partial charge is 0.407 e. The van der Waals surface area contributed by atoms with Crippen LogP contribution in [0.5, 0.6) is 11.5 Å². The summed E-state index contributed by atoms with van der Waals surface area (Å²) in [6, 6.07) is 2.68. The average Bonchev–Trinajstić information content (AvgIpc) is 2.61. The van der Waals surface area contributed by atoms with Gasteiger partial charge in [0.15, 0.2) is 0 Å². The van der Waals surface area contributed by atoms with Crippen molar-refractivity contribution < 1.29 is 38.4 Å². The first-order chi connectivity index (χ1) is 13.5. The topological polar surface area (TPSA) is 120 Å². The number of phenols is 1. The normalized spacial score (nSPS) is 13.2. The maximum Gasteiger partial charge on any atom is 0.407 e. The van der Waals surface area contributed by atoms with Crippen molar-refractivity contribution in [3.05, 3.63) is 23.3 Å². The minimum absolute atomic E-state index is 0.0391. The Morgan fingerprint density at radius 1 is 1.03 bits per heavy atom. The van der Waals surface area contributed by atoms with Gasteiger partial charge in [0, 0.05) is 12.1 Å². The second-order valence-electron chi connectivity index (χ2n) is 7.33.